The molecule has 2 aromatic heterocycles. The number of hydrogen-bond acceptors (Lipinski definition) is 5. The first-order chi connectivity index (χ1) is 20.0. The van der Waals surface area contributed by atoms with Gasteiger partial charge in [0.05, 0.1) is 22.5 Å². The molecular weight excluding hydrogens is 552 g/mol. The van der Waals surface area contributed by atoms with Gasteiger partial charge in [-0.05, 0) is 55.0 Å². The molecule has 2 aromatic carbocycles. The van der Waals surface area contributed by atoms with Crippen molar-refractivity contribution < 1.29 is 4.79 Å². The third-order valence-corrected chi connectivity index (χ3v) is 9.56. The number of aromatic nitrogens is 2. The van der Waals surface area contributed by atoms with Gasteiger partial charge in [-0.2, -0.15) is 0 Å². The van der Waals surface area contributed by atoms with Crippen LogP contribution >= 0.6 is 22.9 Å². The van der Waals surface area contributed by atoms with Crippen molar-refractivity contribution in [2.75, 3.05) is 26.2 Å². The Balaban J connectivity index is 1.62. The fraction of sp³-hybridized carbons (Fsp3) is 0.364. The van der Waals surface area contributed by atoms with Crippen LogP contribution in [0.4, 0.5) is 0 Å². The minimum absolute atomic E-state index is 0.00455. The van der Waals surface area contributed by atoms with Crippen LogP contribution in [0.5, 0.6) is 0 Å². The number of piperazine rings is 1. The van der Waals surface area contributed by atoms with E-state index in [1.807, 2.05) is 45.2 Å². The molecule has 0 radical (unpaired) electrons. The second-order valence-corrected chi connectivity index (χ2v) is 12.1. The quantitative estimate of drug-likeness (QED) is 0.261. The van der Waals surface area contributed by atoms with Gasteiger partial charge in [0.25, 0.3) is 11.5 Å². The zero-order valence-electron chi connectivity index (χ0n) is 23.6. The van der Waals surface area contributed by atoms with Crippen molar-refractivity contribution in [2.24, 2.45) is 0 Å². The van der Waals surface area contributed by atoms with Crippen molar-refractivity contribution in [3.05, 3.63) is 91.7 Å². The van der Waals surface area contributed by atoms with Gasteiger partial charge in [-0.25, -0.2) is 4.98 Å². The molecule has 41 heavy (non-hydrogen) atoms. The van der Waals surface area contributed by atoms with Crippen LogP contribution in [0.25, 0.3) is 27.5 Å². The highest BCUT2D eigenvalue weighted by Crippen LogP contribution is 2.41. The largest absolute Gasteiger partial charge is 0.336 e. The number of carbonyl (C=O) groups excluding carboxylic acids is 1. The average Bonchev–Trinajstić information content (AvgIpc) is 3.47. The number of nitrogens with zero attached hydrogens (tertiary/aromatic N) is 3. The SMILES string of the molecule is CCc1cccc(CC)c1-n1c(C2CCC2)c(C(=O)N2CCNCC2)cc(-c2nc(-c3ccc(Cl)cc3)cs2)c1=O. The Labute approximate surface area is 250 Å². The maximum atomic E-state index is 14.7. The van der Waals surface area contributed by atoms with Crippen LogP contribution in [0.2, 0.25) is 5.02 Å². The fourth-order valence-corrected chi connectivity index (χ4v) is 6.91. The topological polar surface area (TPSA) is 67.2 Å². The Bertz CT molecular complexity index is 1610. The van der Waals surface area contributed by atoms with Gasteiger partial charge < -0.3 is 10.2 Å². The molecule has 1 amide bonds. The van der Waals surface area contributed by atoms with Crippen LogP contribution in [-0.4, -0.2) is 46.5 Å². The van der Waals surface area contributed by atoms with Crippen LogP contribution in [0.3, 0.4) is 0 Å². The molecule has 3 heterocycles. The first-order valence-electron chi connectivity index (χ1n) is 14.6. The number of rotatable bonds is 7. The van der Waals surface area contributed by atoms with Gasteiger partial charge >= 0.3 is 0 Å². The number of hydrogen-bond donors (Lipinski definition) is 1. The van der Waals surface area contributed by atoms with Gasteiger partial charge in [0.2, 0.25) is 0 Å². The molecule has 4 aromatic rings. The third-order valence-electron chi connectivity index (χ3n) is 8.43. The lowest BCUT2D eigenvalue weighted by Gasteiger charge is -2.34. The van der Waals surface area contributed by atoms with Crippen molar-refractivity contribution in [1.29, 1.82) is 0 Å². The average molecular weight is 587 g/mol. The molecule has 0 atom stereocenters. The maximum Gasteiger partial charge on any atom is 0.265 e. The highest BCUT2D eigenvalue weighted by atomic mass is 35.5. The molecule has 2 fully saturated rings. The molecule has 0 spiro atoms. The Hall–Kier alpha value is -3.26. The Morgan fingerprint density at radius 1 is 1.05 bits per heavy atom. The summed E-state index contributed by atoms with van der Waals surface area (Å²) in [4.78, 5) is 35.8. The summed E-state index contributed by atoms with van der Waals surface area (Å²) in [6, 6.07) is 15.7. The number of halogens is 1. The van der Waals surface area contributed by atoms with Crippen molar-refractivity contribution in [3.8, 4) is 27.5 Å². The number of nitrogens with one attached hydrogen (secondary N) is 1. The Morgan fingerprint density at radius 3 is 2.34 bits per heavy atom. The Morgan fingerprint density at radius 2 is 1.73 bits per heavy atom. The van der Waals surface area contributed by atoms with Gasteiger partial charge in [0.15, 0.2) is 0 Å². The summed E-state index contributed by atoms with van der Waals surface area (Å²) < 4.78 is 1.91. The zero-order valence-corrected chi connectivity index (χ0v) is 25.2. The van der Waals surface area contributed by atoms with Crippen LogP contribution in [0, 0.1) is 0 Å². The molecule has 2 aliphatic rings. The monoisotopic (exact) mass is 586 g/mol. The van der Waals surface area contributed by atoms with Crippen molar-refractivity contribution in [2.45, 2.75) is 51.9 Å². The van der Waals surface area contributed by atoms with E-state index in [-0.39, 0.29) is 17.4 Å². The molecule has 1 saturated heterocycles. The first kappa shape index (κ1) is 27.9. The summed E-state index contributed by atoms with van der Waals surface area (Å²) in [6.07, 6.45) is 4.66. The van der Waals surface area contributed by atoms with Gasteiger partial charge in [0, 0.05) is 53.8 Å². The summed E-state index contributed by atoms with van der Waals surface area (Å²) in [7, 11) is 0. The van der Waals surface area contributed by atoms with E-state index in [1.165, 1.54) is 11.3 Å². The highest BCUT2D eigenvalue weighted by molar-refractivity contribution is 7.13. The molecule has 0 bridgehead atoms. The van der Waals surface area contributed by atoms with Gasteiger partial charge in [-0.15, -0.1) is 11.3 Å². The maximum absolute atomic E-state index is 14.7. The number of carbonyl (C=O) groups is 1. The second kappa shape index (κ2) is 11.9. The van der Waals surface area contributed by atoms with Crippen LogP contribution in [0.1, 0.15) is 66.2 Å². The molecule has 1 aliphatic carbocycles. The zero-order chi connectivity index (χ0) is 28.5. The molecule has 1 saturated carbocycles. The second-order valence-electron chi connectivity index (χ2n) is 10.8. The normalized spacial score (nSPS) is 15.6. The van der Waals surface area contributed by atoms with E-state index in [4.69, 9.17) is 16.6 Å². The molecule has 212 valence electrons. The lowest BCUT2D eigenvalue weighted by molar-refractivity contribution is 0.0732. The van der Waals surface area contributed by atoms with Crippen LogP contribution in [0.15, 0.2) is 58.7 Å². The van der Waals surface area contributed by atoms with Crippen molar-refractivity contribution in [1.82, 2.24) is 19.8 Å². The lowest BCUT2D eigenvalue weighted by Crippen LogP contribution is -2.47. The Kier molecular flexibility index (Phi) is 8.11. The van der Waals surface area contributed by atoms with E-state index in [2.05, 4.69) is 37.4 Å². The number of para-hydroxylation sites is 1. The number of amides is 1. The number of aryl methyl sites for hydroxylation is 2. The molecule has 1 aliphatic heterocycles. The van der Waals surface area contributed by atoms with Crippen molar-refractivity contribution >= 4 is 28.8 Å². The number of thiazole rings is 1. The van der Waals surface area contributed by atoms with Crippen molar-refractivity contribution in [3.63, 3.8) is 0 Å². The fourth-order valence-electron chi connectivity index (χ4n) is 5.95. The first-order valence-corrected chi connectivity index (χ1v) is 15.9. The number of benzene rings is 2. The van der Waals surface area contributed by atoms with E-state index in [0.29, 0.717) is 34.2 Å². The van der Waals surface area contributed by atoms with E-state index >= 15 is 0 Å². The molecule has 1 N–H and O–H groups in total. The van der Waals surface area contributed by atoms with E-state index in [0.717, 1.165) is 79.0 Å². The molecule has 0 unspecified atom stereocenters. The summed E-state index contributed by atoms with van der Waals surface area (Å²) in [5.74, 6) is 0.180. The predicted molar refractivity (Wildman–Crippen MR) is 168 cm³/mol. The van der Waals surface area contributed by atoms with E-state index in [9.17, 15) is 9.59 Å². The highest BCUT2D eigenvalue weighted by Gasteiger charge is 2.33. The smallest absolute Gasteiger partial charge is 0.265 e. The standard InChI is InChI=1S/C33H35ClN4O2S/c1-3-21-7-5-8-22(4-2)29(21)38-30(24-9-6-10-24)26(32(39)37-17-15-35-16-18-37)19-27(33(38)40)31-36-28(20-41-31)23-11-13-25(34)14-12-23/h5,7-8,11-14,19-20,24,35H,3-4,6,9-10,15-18H2,1-2H3. The summed E-state index contributed by atoms with van der Waals surface area (Å²) in [6.45, 7) is 7.10. The predicted octanol–water partition coefficient (Wildman–Crippen LogP) is 6.72. The van der Waals surface area contributed by atoms with Crippen LogP contribution in [-0.2, 0) is 12.8 Å². The lowest BCUT2D eigenvalue weighted by atomic mass is 9.80. The number of pyridine rings is 1. The minimum atomic E-state index is -0.101. The van der Waals surface area contributed by atoms with Gasteiger partial charge in [-0.3, -0.25) is 14.2 Å². The summed E-state index contributed by atoms with van der Waals surface area (Å²) in [5.41, 5.74) is 6.78. The molecule has 6 nitrogen and oxygen atoms in total. The van der Waals surface area contributed by atoms with E-state index < -0.39 is 0 Å². The third kappa shape index (κ3) is 5.27. The molecule has 6 rings (SSSR count). The van der Waals surface area contributed by atoms with Gasteiger partial charge in [0.1, 0.15) is 5.01 Å². The molecular formula is C33H35ClN4O2S. The summed E-state index contributed by atoms with van der Waals surface area (Å²) in [5, 5.41) is 6.60. The van der Waals surface area contributed by atoms with Crippen LogP contribution < -0.4 is 10.9 Å². The summed E-state index contributed by atoms with van der Waals surface area (Å²) >= 11 is 7.55. The van der Waals surface area contributed by atoms with E-state index in [1.54, 1.807) is 0 Å². The minimum Gasteiger partial charge on any atom is -0.336 e. The van der Waals surface area contributed by atoms with Gasteiger partial charge in [-0.1, -0.05) is 62.2 Å². The molecule has 8 heteroatoms.